The van der Waals surface area contributed by atoms with Gasteiger partial charge in [0, 0.05) is 24.7 Å². The highest BCUT2D eigenvalue weighted by molar-refractivity contribution is 8.01. The smallest absolute Gasteiger partial charge is 0.243 e. The summed E-state index contributed by atoms with van der Waals surface area (Å²) in [6.45, 7) is 1.49. The number of carbonyl (C=O) groups is 1. The Hall–Kier alpha value is -1.53. The van der Waals surface area contributed by atoms with Gasteiger partial charge in [-0.2, -0.15) is 4.31 Å². The van der Waals surface area contributed by atoms with Gasteiger partial charge in [0.25, 0.3) is 0 Å². The van der Waals surface area contributed by atoms with Gasteiger partial charge in [0.2, 0.25) is 15.2 Å². The van der Waals surface area contributed by atoms with E-state index in [1.165, 1.54) is 39.5 Å². The minimum Gasteiger partial charge on any atom is -0.379 e. The molecule has 2 fully saturated rings. The molecule has 150 valence electrons. The fraction of sp³-hybridized carbons (Fsp3) is 0.471. The predicted octanol–water partition coefficient (Wildman–Crippen LogP) is 2.11. The van der Waals surface area contributed by atoms with Crippen LogP contribution in [0.1, 0.15) is 23.2 Å². The van der Waals surface area contributed by atoms with E-state index in [9.17, 15) is 13.2 Å². The van der Waals surface area contributed by atoms with Crippen LogP contribution in [0, 0.1) is 0 Å². The molecule has 28 heavy (non-hydrogen) atoms. The number of nitrogens with one attached hydrogen (secondary N) is 1. The van der Waals surface area contributed by atoms with Crippen molar-refractivity contribution in [3.05, 3.63) is 29.8 Å². The molecule has 1 aromatic heterocycles. The largest absolute Gasteiger partial charge is 0.379 e. The summed E-state index contributed by atoms with van der Waals surface area (Å²) in [5.41, 5.74) is 0.481. The quantitative estimate of drug-likeness (QED) is 0.492. The lowest BCUT2D eigenvalue weighted by Crippen LogP contribution is -2.40. The van der Waals surface area contributed by atoms with E-state index in [0.29, 0.717) is 37.9 Å². The van der Waals surface area contributed by atoms with E-state index in [-0.39, 0.29) is 16.4 Å². The molecule has 11 heteroatoms. The van der Waals surface area contributed by atoms with Crippen molar-refractivity contribution in [2.45, 2.75) is 28.1 Å². The molecule has 0 radical (unpaired) electrons. The van der Waals surface area contributed by atoms with Crippen LogP contribution in [-0.4, -0.2) is 66.8 Å². The Labute approximate surface area is 171 Å². The maximum absolute atomic E-state index is 12.6. The zero-order valence-electron chi connectivity index (χ0n) is 15.0. The van der Waals surface area contributed by atoms with E-state index in [2.05, 4.69) is 15.5 Å². The first-order chi connectivity index (χ1) is 13.5. The second-order valence-electron chi connectivity index (χ2n) is 6.54. The van der Waals surface area contributed by atoms with E-state index in [1.54, 1.807) is 12.1 Å². The number of ether oxygens (including phenoxy) is 1. The van der Waals surface area contributed by atoms with Crippen LogP contribution in [0.15, 0.2) is 33.5 Å². The number of morpholine rings is 1. The zero-order valence-corrected chi connectivity index (χ0v) is 17.5. The van der Waals surface area contributed by atoms with Crippen molar-refractivity contribution in [2.24, 2.45) is 0 Å². The molecule has 8 nitrogen and oxygen atoms in total. The van der Waals surface area contributed by atoms with E-state index in [0.717, 1.165) is 22.3 Å². The Bertz CT molecular complexity index is 936. The highest BCUT2D eigenvalue weighted by atomic mass is 32.2. The number of sulfonamides is 1. The van der Waals surface area contributed by atoms with Crippen LogP contribution in [0.2, 0.25) is 0 Å². The van der Waals surface area contributed by atoms with Crippen LogP contribution >= 0.6 is 23.1 Å². The Kier molecular flexibility index (Phi) is 5.97. The van der Waals surface area contributed by atoms with Gasteiger partial charge in [-0.3, -0.25) is 4.79 Å². The maximum Gasteiger partial charge on any atom is 0.243 e. The van der Waals surface area contributed by atoms with Crippen LogP contribution < -0.4 is 5.32 Å². The van der Waals surface area contributed by atoms with E-state index in [1.807, 2.05) is 0 Å². The summed E-state index contributed by atoms with van der Waals surface area (Å²) in [6, 6.07) is 6.63. The fourth-order valence-electron chi connectivity index (χ4n) is 2.69. The normalized spacial score (nSPS) is 18.1. The number of hydrogen-bond donors (Lipinski definition) is 1. The molecule has 1 aliphatic heterocycles. The van der Waals surface area contributed by atoms with Gasteiger partial charge in [-0.15, -0.1) is 10.2 Å². The number of anilines is 1. The van der Waals surface area contributed by atoms with Crippen molar-refractivity contribution >= 4 is 44.0 Å². The summed E-state index contributed by atoms with van der Waals surface area (Å²) in [5.74, 6) is 0.153. The predicted molar refractivity (Wildman–Crippen MR) is 108 cm³/mol. The number of Topliss-reactive ketones (excluding diaryl/α,β-unsaturated/α-hetero) is 1. The highest BCUT2D eigenvalue weighted by Gasteiger charge is 2.26. The summed E-state index contributed by atoms with van der Waals surface area (Å²) >= 11 is 2.78. The summed E-state index contributed by atoms with van der Waals surface area (Å²) in [4.78, 5) is 12.6. The van der Waals surface area contributed by atoms with Gasteiger partial charge in [-0.1, -0.05) is 35.2 Å². The summed E-state index contributed by atoms with van der Waals surface area (Å²) in [7, 11) is -3.55. The Morgan fingerprint density at radius 3 is 2.61 bits per heavy atom. The molecular formula is C17H20N4O4S3. The SMILES string of the molecule is O=C(CSc1nnc(NC2CC2)s1)c1ccc(S(=O)(=O)N2CCOCC2)cc1. The molecule has 2 aromatic rings. The molecular weight excluding hydrogens is 420 g/mol. The van der Waals surface area contributed by atoms with Crippen LogP contribution in [0.4, 0.5) is 5.13 Å². The van der Waals surface area contributed by atoms with E-state index >= 15 is 0 Å². The lowest BCUT2D eigenvalue weighted by molar-refractivity contribution is 0.0730. The monoisotopic (exact) mass is 440 g/mol. The van der Waals surface area contributed by atoms with Gasteiger partial charge in [-0.05, 0) is 25.0 Å². The highest BCUT2D eigenvalue weighted by Crippen LogP contribution is 2.30. The standard InChI is InChI=1S/C17H20N4O4S3/c22-15(11-26-17-20-19-16(27-17)18-13-3-4-13)12-1-5-14(6-2-12)28(23,24)21-7-9-25-10-8-21/h1-2,5-6,13H,3-4,7-11H2,(H,18,19). The van der Waals surface area contributed by atoms with Crippen molar-refractivity contribution in [3.8, 4) is 0 Å². The molecule has 1 aliphatic carbocycles. The van der Waals surface area contributed by atoms with Crippen molar-refractivity contribution in [1.82, 2.24) is 14.5 Å². The third-order valence-electron chi connectivity index (χ3n) is 4.42. The number of ketones is 1. The van der Waals surface area contributed by atoms with Crippen LogP contribution in [0.3, 0.4) is 0 Å². The lowest BCUT2D eigenvalue weighted by atomic mass is 10.1. The summed E-state index contributed by atoms with van der Waals surface area (Å²) in [6.07, 6.45) is 2.33. The van der Waals surface area contributed by atoms with E-state index < -0.39 is 10.0 Å². The Balaban J connectivity index is 1.35. The number of carbonyl (C=O) groups excluding carboxylic acids is 1. The fourth-order valence-corrected chi connectivity index (χ4v) is 5.82. The first kappa shape index (κ1) is 19.8. The third-order valence-corrected chi connectivity index (χ3v) is 8.32. The molecule has 0 unspecified atom stereocenters. The number of nitrogens with zero attached hydrogens (tertiary/aromatic N) is 3. The average Bonchev–Trinajstić information content (AvgIpc) is 3.43. The van der Waals surface area contributed by atoms with Crippen molar-refractivity contribution in [3.63, 3.8) is 0 Å². The second kappa shape index (κ2) is 8.46. The van der Waals surface area contributed by atoms with Gasteiger partial charge >= 0.3 is 0 Å². The number of hydrogen-bond acceptors (Lipinski definition) is 9. The molecule has 4 rings (SSSR count). The zero-order chi connectivity index (χ0) is 19.6. The lowest BCUT2D eigenvalue weighted by Gasteiger charge is -2.26. The van der Waals surface area contributed by atoms with Gasteiger partial charge in [0.1, 0.15) is 0 Å². The Morgan fingerprint density at radius 1 is 1.21 bits per heavy atom. The number of thioether (sulfide) groups is 1. The van der Waals surface area contributed by atoms with Gasteiger partial charge in [-0.25, -0.2) is 8.42 Å². The van der Waals surface area contributed by atoms with E-state index in [4.69, 9.17) is 4.74 Å². The van der Waals surface area contributed by atoms with Crippen molar-refractivity contribution in [1.29, 1.82) is 0 Å². The second-order valence-corrected chi connectivity index (χ2v) is 10.7. The summed E-state index contributed by atoms with van der Waals surface area (Å²) < 4.78 is 32.6. The van der Waals surface area contributed by atoms with Gasteiger partial charge in [0.05, 0.1) is 23.9 Å². The minimum atomic E-state index is -3.55. The summed E-state index contributed by atoms with van der Waals surface area (Å²) in [5, 5.41) is 12.2. The average molecular weight is 441 g/mol. The van der Waals surface area contributed by atoms with Crippen LogP contribution in [0.5, 0.6) is 0 Å². The van der Waals surface area contributed by atoms with Crippen molar-refractivity contribution < 1.29 is 17.9 Å². The number of benzene rings is 1. The minimum absolute atomic E-state index is 0.0766. The molecule has 2 heterocycles. The third kappa shape index (κ3) is 4.71. The first-order valence-electron chi connectivity index (χ1n) is 8.96. The van der Waals surface area contributed by atoms with Crippen LogP contribution in [0.25, 0.3) is 0 Å². The van der Waals surface area contributed by atoms with Gasteiger partial charge in [0.15, 0.2) is 10.1 Å². The van der Waals surface area contributed by atoms with Gasteiger partial charge < -0.3 is 10.1 Å². The molecule has 0 atom stereocenters. The van der Waals surface area contributed by atoms with Crippen molar-refractivity contribution in [2.75, 3.05) is 37.4 Å². The van der Waals surface area contributed by atoms with Crippen LogP contribution in [-0.2, 0) is 14.8 Å². The number of rotatable bonds is 8. The molecule has 1 saturated carbocycles. The molecule has 0 spiro atoms. The molecule has 0 amide bonds. The molecule has 1 aromatic carbocycles. The molecule has 1 N–H and O–H groups in total. The Morgan fingerprint density at radius 2 is 1.93 bits per heavy atom. The topological polar surface area (TPSA) is 101 Å². The number of aromatic nitrogens is 2. The first-order valence-corrected chi connectivity index (χ1v) is 12.2. The molecule has 2 aliphatic rings. The maximum atomic E-state index is 12.6. The molecule has 0 bridgehead atoms. The molecule has 1 saturated heterocycles.